The van der Waals surface area contributed by atoms with E-state index in [1.165, 1.54) is 0 Å². The fourth-order valence-corrected chi connectivity index (χ4v) is 1.50. The van der Waals surface area contributed by atoms with Gasteiger partial charge in [-0.05, 0) is 5.56 Å². The highest BCUT2D eigenvalue weighted by atomic mass is 16.4. The summed E-state index contributed by atoms with van der Waals surface area (Å²) in [7, 11) is 0. The van der Waals surface area contributed by atoms with Crippen LogP contribution in [0, 0.1) is 12.3 Å². The number of aliphatic carboxylic acids is 1. The molecule has 18 heavy (non-hydrogen) atoms. The zero-order chi connectivity index (χ0) is 13.4. The standard InChI is InChI=1S/C14H15NO3/c1-2-3-9-13(16)15-12(14(17)18)10-11-7-5-4-6-8-11/h1,4-8,12H,3,9-10H2,(H,15,16)(H,17,18)/t12-/m0/s1. The molecule has 0 saturated heterocycles. The summed E-state index contributed by atoms with van der Waals surface area (Å²) in [6.45, 7) is 0. The molecule has 4 nitrogen and oxygen atoms in total. The molecule has 0 fully saturated rings. The first-order valence-corrected chi connectivity index (χ1v) is 5.63. The van der Waals surface area contributed by atoms with Gasteiger partial charge in [0.25, 0.3) is 0 Å². The Bertz CT molecular complexity index is 448. The Hall–Kier alpha value is -2.28. The molecule has 0 aliphatic heterocycles. The third-order valence-corrected chi connectivity index (χ3v) is 2.41. The summed E-state index contributed by atoms with van der Waals surface area (Å²) in [6.07, 6.45) is 5.76. The molecule has 1 rings (SSSR count). The van der Waals surface area contributed by atoms with E-state index < -0.39 is 12.0 Å². The number of amides is 1. The Balaban J connectivity index is 2.59. The van der Waals surface area contributed by atoms with Gasteiger partial charge in [-0.25, -0.2) is 4.79 Å². The molecule has 1 aromatic carbocycles. The first-order chi connectivity index (χ1) is 8.63. The lowest BCUT2D eigenvalue weighted by Gasteiger charge is -2.14. The van der Waals surface area contributed by atoms with Crippen LogP contribution in [0.1, 0.15) is 18.4 Å². The van der Waals surface area contributed by atoms with Gasteiger partial charge in [-0.2, -0.15) is 0 Å². The predicted octanol–water partition coefficient (Wildman–Crippen LogP) is 1.21. The maximum atomic E-state index is 11.4. The molecule has 0 aromatic heterocycles. The lowest BCUT2D eigenvalue weighted by atomic mass is 10.1. The van der Waals surface area contributed by atoms with Gasteiger partial charge in [0.05, 0.1) is 0 Å². The van der Waals surface area contributed by atoms with E-state index >= 15 is 0 Å². The van der Waals surface area contributed by atoms with Crippen LogP contribution >= 0.6 is 0 Å². The number of carboxylic acids is 1. The zero-order valence-electron chi connectivity index (χ0n) is 9.93. The summed E-state index contributed by atoms with van der Waals surface area (Å²) in [5, 5.41) is 11.5. The number of rotatable bonds is 6. The summed E-state index contributed by atoms with van der Waals surface area (Å²) in [6, 6.07) is 8.23. The van der Waals surface area contributed by atoms with Crippen LogP contribution in [0.4, 0.5) is 0 Å². The lowest BCUT2D eigenvalue weighted by molar-refractivity contribution is -0.141. The van der Waals surface area contributed by atoms with E-state index in [2.05, 4.69) is 11.2 Å². The molecular weight excluding hydrogens is 230 g/mol. The van der Waals surface area contributed by atoms with Crippen LogP contribution in [-0.2, 0) is 16.0 Å². The van der Waals surface area contributed by atoms with Crippen molar-refractivity contribution in [2.45, 2.75) is 25.3 Å². The minimum atomic E-state index is -1.05. The van der Waals surface area contributed by atoms with E-state index in [9.17, 15) is 9.59 Å². The average molecular weight is 245 g/mol. The molecule has 0 radical (unpaired) electrons. The molecule has 4 heteroatoms. The van der Waals surface area contributed by atoms with E-state index in [1.54, 1.807) is 0 Å². The van der Waals surface area contributed by atoms with Crippen LogP contribution in [0.5, 0.6) is 0 Å². The molecule has 1 amide bonds. The highest BCUT2D eigenvalue weighted by Gasteiger charge is 2.19. The van der Waals surface area contributed by atoms with Gasteiger partial charge >= 0.3 is 5.97 Å². The molecule has 0 bridgehead atoms. The molecular formula is C14H15NO3. The molecule has 2 N–H and O–H groups in total. The topological polar surface area (TPSA) is 66.4 Å². The number of benzene rings is 1. The van der Waals surface area contributed by atoms with Crippen LogP contribution in [0.15, 0.2) is 30.3 Å². The fraction of sp³-hybridized carbons (Fsp3) is 0.286. The second kappa shape index (κ2) is 7.13. The summed E-state index contributed by atoms with van der Waals surface area (Å²) >= 11 is 0. The normalized spacial score (nSPS) is 11.3. The first kappa shape index (κ1) is 13.8. The van der Waals surface area contributed by atoms with Crippen LogP contribution in [0.2, 0.25) is 0 Å². The van der Waals surface area contributed by atoms with Crippen LogP contribution in [0.3, 0.4) is 0 Å². The van der Waals surface area contributed by atoms with Gasteiger partial charge in [-0.15, -0.1) is 12.3 Å². The van der Waals surface area contributed by atoms with Gasteiger partial charge in [-0.3, -0.25) is 4.79 Å². The molecule has 0 unspecified atom stereocenters. The van der Waals surface area contributed by atoms with Crippen molar-refractivity contribution < 1.29 is 14.7 Å². The van der Waals surface area contributed by atoms with Crippen molar-refractivity contribution in [1.82, 2.24) is 5.32 Å². The SMILES string of the molecule is C#CCCC(=O)N[C@@H](Cc1ccccc1)C(=O)O. The van der Waals surface area contributed by atoms with Crippen molar-refractivity contribution in [3.05, 3.63) is 35.9 Å². The minimum absolute atomic E-state index is 0.148. The lowest BCUT2D eigenvalue weighted by Crippen LogP contribution is -2.42. The molecule has 94 valence electrons. The van der Waals surface area contributed by atoms with Crippen molar-refractivity contribution in [1.29, 1.82) is 0 Å². The van der Waals surface area contributed by atoms with Crippen LogP contribution < -0.4 is 5.32 Å². The zero-order valence-corrected chi connectivity index (χ0v) is 9.93. The number of carbonyl (C=O) groups excluding carboxylic acids is 1. The third-order valence-electron chi connectivity index (χ3n) is 2.41. The number of hydrogen-bond acceptors (Lipinski definition) is 2. The van der Waals surface area contributed by atoms with Crippen molar-refractivity contribution in [3.8, 4) is 12.3 Å². The van der Waals surface area contributed by atoms with Gasteiger partial charge in [0.2, 0.25) is 5.91 Å². The van der Waals surface area contributed by atoms with Crippen molar-refractivity contribution in [2.24, 2.45) is 0 Å². The number of nitrogens with one attached hydrogen (secondary N) is 1. The van der Waals surface area contributed by atoms with E-state index in [-0.39, 0.29) is 18.7 Å². The summed E-state index contributed by atoms with van der Waals surface area (Å²) in [5.74, 6) is 0.958. The Morgan fingerprint density at radius 2 is 2.00 bits per heavy atom. The van der Waals surface area contributed by atoms with Gasteiger partial charge in [-0.1, -0.05) is 30.3 Å². The van der Waals surface area contributed by atoms with Gasteiger partial charge < -0.3 is 10.4 Å². The molecule has 0 spiro atoms. The van der Waals surface area contributed by atoms with Gasteiger partial charge in [0.15, 0.2) is 0 Å². The monoisotopic (exact) mass is 245 g/mol. The van der Waals surface area contributed by atoms with E-state index in [0.29, 0.717) is 6.42 Å². The van der Waals surface area contributed by atoms with Crippen molar-refractivity contribution in [3.63, 3.8) is 0 Å². The maximum Gasteiger partial charge on any atom is 0.326 e. The van der Waals surface area contributed by atoms with Gasteiger partial charge in [0, 0.05) is 19.3 Å². The van der Waals surface area contributed by atoms with E-state index in [1.807, 2.05) is 30.3 Å². The van der Waals surface area contributed by atoms with E-state index in [0.717, 1.165) is 5.56 Å². The Morgan fingerprint density at radius 1 is 1.33 bits per heavy atom. The average Bonchev–Trinajstić information content (AvgIpc) is 2.36. The van der Waals surface area contributed by atoms with Crippen LogP contribution in [0.25, 0.3) is 0 Å². The molecule has 0 heterocycles. The number of terminal acetylenes is 1. The summed E-state index contributed by atoms with van der Waals surface area (Å²) < 4.78 is 0. The fourth-order valence-electron chi connectivity index (χ4n) is 1.50. The highest BCUT2D eigenvalue weighted by Crippen LogP contribution is 2.04. The predicted molar refractivity (Wildman–Crippen MR) is 67.8 cm³/mol. The quantitative estimate of drug-likeness (QED) is 0.740. The number of hydrogen-bond donors (Lipinski definition) is 2. The van der Waals surface area contributed by atoms with Crippen LogP contribution in [-0.4, -0.2) is 23.0 Å². The summed E-state index contributed by atoms with van der Waals surface area (Å²) in [5.41, 5.74) is 0.863. The Morgan fingerprint density at radius 3 is 2.56 bits per heavy atom. The first-order valence-electron chi connectivity index (χ1n) is 5.63. The van der Waals surface area contributed by atoms with Gasteiger partial charge in [0.1, 0.15) is 6.04 Å². The number of carboxylic acid groups (broad SMARTS) is 1. The van der Waals surface area contributed by atoms with Crippen molar-refractivity contribution >= 4 is 11.9 Å². The minimum Gasteiger partial charge on any atom is -0.480 e. The maximum absolute atomic E-state index is 11.4. The molecule has 1 atom stereocenters. The molecule has 0 aliphatic rings. The molecule has 0 saturated carbocycles. The van der Waals surface area contributed by atoms with E-state index in [4.69, 9.17) is 11.5 Å². The number of carbonyl (C=O) groups is 2. The summed E-state index contributed by atoms with van der Waals surface area (Å²) in [4.78, 5) is 22.5. The highest BCUT2D eigenvalue weighted by molar-refractivity contribution is 5.83. The second-order valence-electron chi connectivity index (χ2n) is 3.85. The Labute approximate surface area is 106 Å². The smallest absolute Gasteiger partial charge is 0.326 e. The second-order valence-corrected chi connectivity index (χ2v) is 3.85. The van der Waals surface area contributed by atoms with Crippen molar-refractivity contribution in [2.75, 3.05) is 0 Å². The largest absolute Gasteiger partial charge is 0.480 e. The molecule has 1 aromatic rings. The third kappa shape index (κ3) is 4.71. The Kier molecular flexibility index (Phi) is 5.46. The molecule has 0 aliphatic carbocycles.